The lowest BCUT2D eigenvalue weighted by molar-refractivity contribution is -0.274. The van der Waals surface area contributed by atoms with Crippen molar-refractivity contribution < 1.29 is 32.2 Å². The Hall–Kier alpha value is -2.25. The number of amides is 2. The molecule has 1 saturated heterocycles. The lowest BCUT2D eigenvalue weighted by Crippen LogP contribution is -2.44. The van der Waals surface area contributed by atoms with Gasteiger partial charge in [-0.25, -0.2) is 9.69 Å². The summed E-state index contributed by atoms with van der Waals surface area (Å²) in [6, 6.07) is 4.95. The van der Waals surface area contributed by atoms with Crippen molar-refractivity contribution in [1.82, 2.24) is 4.90 Å². The Morgan fingerprint density at radius 3 is 2.35 bits per heavy atom. The van der Waals surface area contributed by atoms with E-state index >= 15 is 0 Å². The first-order chi connectivity index (χ1) is 12.2. The van der Waals surface area contributed by atoms with Gasteiger partial charge in [-0.3, -0.25) is 4.79 Å². The zero-order valence-corrected chi connectivity index (χ0v) is 14.5. The fourth-order valence-corrected chi connectivity index (χ4v) is 3.25. The quantitative estimate of drug-likeness (QED) is 0.783. The van der Waals surface area contributed by atoms with Crippen LogP contribution >= 0.6 is 0 Å². The molecule has 1 aliphatic carbocycles. The molecule has 2 atom stereocenters. The first-order valence-corrected chi connectivity index (χ1v) is 8.53. The molecule has 1 aliphatic heterocycles. The van der Waals surface area contributed by atoms with E-state index in [1.165, 1.54) is 29.2 Å². The molecule has 1 aromatic carbocycles. The Morgan fingerprint density at radius 1 is 1.23 bits per heavy atom. The number of nitrogens with zero attached hydrogens (tertiary/aromatic N) is 1. The van der Waals surface area contributed by atoms with Crippen LogP contribution in [0.4, 0.5) is 18.0 Å². The topological polar surface area (TPSA) is 55.8 Å². The molecule has 0 radical (unpaired) electrons. The Bertz CT molecular complexity index is 683. The van der Waals surface area contributed by atoms with Crippen molar-refractivity contribution in [3.05, 3.63) is 29.8 Å². The monoisotopic (exact) mass is 371 g/mol. The van der Waals surface area contributed by atoms with Crippen molar-refractivity contribution in [3.63, 3.8) is 0 Å². The normalized spacial score (nSPS) is 21.7. The third-order valence-corrected chi connectivity index (χ3v) is 4.75. The minimum Gasteiger partial charge on any atom is -0.447 e. The number of halogens is 3. The molecule has 2 amide bonds. The van der Waals surface area contributed by atoms with Crippen LogP contribution in [0.5, 0.6) is 5.75 Å². The van der Waals surface area contributed by atoms with Crippen LogP contribution in [0.15, 0.2) is 24.3 Å². The molecule has 1 aromatic rings. The average molecular weight is 371 g/mol. The van der Waals surface area contributed by atoms with Gasteiger partial charge in [0.15, 0.2) is 0 Å². The second-order valence-corrected chi connectivity index (χ2v) is 7.03. The smallest absolute Gasteiger partial charge is 0.447 e. The second-order valence-electron chi connectivity index (χ2n) is 7.03. The summed E-state index contributed by atoms with van der Waals surface area (Å²) in [5.41, 5.74) is 0.578. The molecule has 2 fully saturated rings. The van der Waals surface area contributed by atoms with E-state index in [4.69, 9.17) is 4.74 Å². The molecule has 0 N–H and O–H groups in total. The van der Waals surface area contributed by atoms with Crippen molar-refractivity contribution in [2.24, 2.45) is 11.8 Å². The maximum atomic E-state index is 13.1. The second kappa shape index (κ2) is 6.81. The van der Waals surface area contributed by atoms with Gasteiger partial charge in [-0.15, -0.1) is 13.2 Å². The van der Waals surface area contributed by atoms with Gasteiger partial charge in [-0.05, 0) is 42.4 Å². The highest BCUT2D eigenvalue weighted by atomic mass is 19.4. The minimum atomic E-state index is -4.77. The van der Waals surface area contributed by atoms with Crippen molar-refractivity contribution in [2.75, 3.05) is 6.61 Å². The summed E-state index contributed by atoms with van der Waals surface area (Å²) in [5, 5.41) is 0. The molecule has 8 heteroatoms. The summed E-state index contributed by atoms with van der Waals surface area (Å²) in [7, 11) is 0. The van der Waals surface area contributed by atoms with E-state index in [1.807, 2.05) is 13.8 Å². The fraction of sp³-hybridized carbons (Fsp3) is 0.556. The molecule has 0 bridgehead atoms. The van der Waals surface area contributed by atoms with Gasteiger partial charge in [0.25, 0.3) is 0 Å². The van der Waals surface area contributed by atoms with E-state index in [9.17, 15) is 22.8 Å². The zero-order chi connectivity index (χ0) is 19.1. The van der Waals surface area contributed by atoms with Crippen molar-refractivity contribution in [1.29, 1.82) is 0 Å². The molecule has 5 nitrogen and oxygen atoms in total. The van der Waals surface area contributed by atoms with E-state index in [0.29, 0.717) is 5.56 Å². The molecule has 0 unspecified atom stereocenters. The van der Waals surface area contributed by atoms with Crippen molar-refractivity contribution >= 4 is 12.0 Å². The number of carbonyl (C=O) groups excluding carboxylic acids is 2. The lowest BCUT2D eigenvalue weighted by atomic mass is 9.91. The van der Waals surface area contributed by atoms with Gasteiger partial charge in [-0.2, -0.15) is 0 Å². The van der Waals surface area contributed by atoms with E-state index in [2.05, 4.69) is 4.74 Å². The highest BCUT2D eigenvalue weighted by Gasteiger charge is 2.46. The molecule has 1 heterocycles. The van der Waals surface area contributed by atoms with Crippen LogP contribution in [0.25, 0.3) is 0 Å². The van der Waals surface area contributed by atoms with Gasteiger partial charge in [0.1, 0.15) is 12.4 Å². The number of imide groups is 1. The summed E-state index contributed by atoms with van der Waals surface area (Å²) in [6.07, 6.45) is -3.74. The van der Waals surface area contributed by atoms with Crippen LogP contribution in [0, 0.1) is 11.8 Å². The van der Waals surface area contributed by atoms with Crippen LogP contribution in [-0.4, -0.2) is 35.9 Å². The summed E-state index contributed by atoms with van der Waals surface area (Å²) >= 11 is 0. The van der Waals surface area contributed by atoms with Crippen molar-refractivity contribution in [2.45, 2.75) is 45.0 Å². The molecule has 0 aromatic heterocycles. The third kappa shape index (κ3) is 3.94. The zero-order valence-electron chi connectivity index (χ0n) is 14.5. The largest absolute Gasteiger partial charge is 0.573 e. The first kappa shape index (κ1) is 18.5. The molecule has 1 saturated carbocycles. The van der Waals surface area contributed by atoms with Gasteiger partial charge in [0.2, 0.25) is 5.91 Å². The van der Waals surface area contributed by atoms with E-state index in [-0.39, 0.29) is 36.1 Å². The number of ether oxygens (including phenoxy) is 2. The Labute approximate surface area is 149 Å². The summed E-state index contributed by atoms with van der Waals surface area (Å²) in [4.78, 5) is 26.3. The lowest BCUT2D eigenvalue weighted by Gasteiger charge is -2.27. The standard InChI is InChI=1S/C18H20F3NO4/c1-10(2)14-9-25-17(24)22(14)16(23)15(11-3-4-11)12-5-7-13(8-6-12)26-18(19,20)21/h5-8,10-11,14-15H,3-4,9H2,1-2H3/t14-,15-/m1/s1. The molecular weight excluding hydrogens is 351 g/mol. The molecule has 3 rings (SSSR count). The number of cyclic esters (lactones) is 1. The maximum absolute atomic E-state index is 13.1. The summed E-state index contributed by atoms with van der Waals surface area (Å²) in [5.74, 6) is -1.13. The first-order valence-electron chi connectivity index (χ1n) is 8.53. The molecule has 0 spiro atoms. The maximum Gasteiger partial charge on any atom is 0.573 e. The Morgan fingerprint density at radius 2 is 1.85 bits per heavy atom. The molecule has 142 valence electrons. The van der Waals surface area contributed by atoms with Gasteiger partial charge >= 0.3 is 12.5 Å². The molecule has 26 heavy (non-hydrogen) atoms. The van der Waals surface area contributed by atoms with Crippen LogP contribution < -0.4 is 4.74 Å². The minimum absolute atomic E-state index is 0.0489. The SMILES string of the molecule is CC(C)[C@H]1COC(=O)N1C(=O)[C@@H](c1ccc(OC(F)(F)F)cc1)C1CC1. The number of hydrogen-bond donors (Lipinski definition) is 0. The van der Waals surface area contributed by atoms with Gasteiger partial charge in [-0.1, -0.05) is 26.0 Å². The molecular formula is C18H20F3NO4. The molecule has 2 aliphatic rings. The van der Waals surface area contributed by atoms with E-state index in [0.717, 1.165) is 12.8 Å². The van der Waals surface area contributed by atoms with Crippen LogP contribution in [0.1, 0.15) is 38.2 Å². The highest BCUT2D eigenvalue weighted by molar-refractivity contribution is 5.97. The number of benzene rings is 1. The average Bonchev–Trinajstić information content (AvgIpc) is 3.28. The Kier molecular flexibility index (Phi) is 4.86. The number of alkyl halides is 3. The summed E-state index contributed by atoms with van der Waals surface area (Å²) in [6.45, 7) is 3.97. The predicted octanol–water partition coefficient (Wildman–Crippen LogP) is 4.08. The predicted molar refractivity (Wildman–Crippen MR) is 85.4 cm³/mol. The third-order valence-electron chi connectivity index (χ3n) is 4.75. The van der Waals surface area contributed by atoms with Crippen LogP contribution in [-0.2, 0) is 9.53 Å². The highest BCUT2D eigenvalue weighted by Crippen LogP contribution is 2.45. The van der Waals surface area contributed by atoms with Crippen molar-refractivity contribution in [3.8, 4) is 5.75 Å². The number of carbonyl (C=O) groups is 2. The van der Waals surface area contributed by atoms with Crippen LogP contribution in [0.3, 0.4) is 0 Å². The van der Waals surface area contributed by atoms with Gasteiger partial charge < -0.3 is 9.47 Å². The summed E-state index contributed by atoms with van der Waals surface area (Å²) < 4.78 is 45.8. The fourth-order valence-electron chi connectivity index (χ4n) is 3.25. The van der Waals surface area contributed by atoms with Crippen LogP contribution in [0.2, 0.25) is 0 Å². The Balaban J connectivity index is 1.83. The number of rotatable bonds is 5. The van der Waals surface area contributed by atoms with Gasteiger partial charge in [0.05, 0.1) is 12.0 Å². The van der Waals surface area contributed by atoms with E-state index in [1.54, 1.807) is 0 Å². The van der Waals surface area contributed by atoms with E-state index < -0.39 is 18.4 Å². The van der Waals surface area contributed by atoms with Gasteiger partial charge in [0, 0.05) is 0 Å². The number of hydrogen-bond acceptors (Lipinski definition) is 4.